The van der Waals surface area contributed by atoms with Crippen molar-refractivity contribution in [1.29, 1.82) is 0 Å². The predicted octanol–water partition coefficient (Wildman–Crippen LogP) is 6.88. The van der Waals surface area contributed by atoms with Gasteiger partial charge in [0, 0.05) is 38.9 Å². The highest BCUT2D eigenvalue weighted by Crippen LogP contribution is 2.37. The molecular formula is C25H29BrN4O3S2. The number of thioether (sulfide) groups is 2. The molecule has 10 heteroatoms. The summed E-state index contributed by atoms with van der Waals surface area (Å²) < 4.78 is 8.00. The lowest BCUT2D eigenvalue weighted by Crippen LogP contribution is -2.29. The van der Waals surface area contributed by atoms with Crippen molar-refractivity contribution in [2.75, 3.05) is 30.3 Å². The van der Waals surface area contributed by atoms with E-state index in [1.165, 1.54) is 23.5 Å². The van der Waals surface area contributed by atoms with E-state index in [4.69, 9.17) is 4.74 Å². The molecule has 35 heavy (non-hydrogen) atoms. The van der Waals surface area contributed by atoms with Crippen LogP contribution in [0.2, 0.25) is 0 Å². The average Bonchev–Trinajstić information content (AvgIpc) is 2.85. The van der Waals surface area contributed by atoms with Crippen LogP contribution in [-0.2, 0) is 6.54 Å². The van der Waals surface area contributed by atoms with Gasteiger partial charge in [-0.2, -0.15) is 0 Å². The lowest BCUT2D eigenvalue weighted by atomic mass is 10.0. The minimum absolute atomic E-state index is 0.189. The minimum atomic E-state index is -0.512. The third kappa shape index (κ3) is 6.42. The number of hydrogen-bond donors (Lipinski definition) is 2. The molecule has 0 aliphatic carbocycles. The third-order valence-corrected chi connectivity index (χ3v) is 7.28. The topological polar surface area (TPSA) is 85.2 Å². The summed E-state index contributed by atoms with van der Waals surface area (Å²) in [6.07, 6.45) is 7.43. The van der Waals surface area contributed by atoms with E-state index < -0.39 is 6.03 Å². The molecule has 186 valence electrons. The van der Waals surface area contributed by atoms with Gasteiger partial charge in [-0.25, -0.2) is 9.78 Å². The molecule has 0 saturated carbocycles. The van der Waals surface area contributed by atoms with Crippen LogP contribution in [0.3, 0.4) is 0 Å². The maximum absolute atomic E-state index is 13.5. The Morgan fingerprint density at radius 3 is 2.51 bits per heavy atom. The summed E-state index contributed by atoms with van der Waals surface area (Å²) in [5, 5.41) is 6.47. The molecule has 7 nitrogen and oxygen atoms in total. The van der Waals surface area contributed by atoms with Gasteiger partial charge in [-0.3, -0.25) is 4.79 Å². The molecule has 1 aromatic carbocycles. The van der Waals surface area contributed by atoms with Gasteiger partial charge < -0.3 is 19.9 Å². The van der Waals surface area contributed by atoms with Gasteiger partial charge in [-0.1, -0.05) is 29.3 Å². The number of pyridine rings is 2. The zero-order valence-corrected chi connectivity index (χ0v) is 23.6. The number of aromatic nitrogens is 2. The Kier molecular flexibility index (Phi) is 9.71. The first kappa shape index (κ1) is 27.2. The molecule has 0 atom stereocenters. The minimum Gasteiger partial charge on any atom is -0.496 e. The lowest BCUT2D eigenvalue weighted by molar-refractivity contribution is 0.262. The predicted molar refractivity (Wildman–Crippen MR) is 150 cm³/mol. The fourth-order valence-electron chi connectivity index (χ4n) is 3.61. The highest BCUT2D eigenvalue weighted by atomic mass is 79.9. The van der Waals surface area contributed by atoms with E-state index in [1.807, 2.05) is 49.8 Å². The molecule has 0 fully saturated rings. The number of urea groups is 1. The van der Waals surface area contributed by atoms with Gasteiger partial charge in [-0.15, -0.1) is 23.5 Å². The average molecular weight is 578 g/mol. The number of methoxy groups -OCH3 is 1. The van der Waals surface area contributed by atoms with E-state index in [9.17, 15) is 9.59 Å². The summed E-state index contributed by atoms with van der Waals surface area (Å²) in [5.41, 5.74) is 2.68. The second kappa shape index (κ2) is 12.5. The first-order valence-electron chi connectivity index (χ1n) is 11.1. The number of carbonyl (C=O) groups is 1. The third-order valence-electron chi connectivity index (χ3n) is 5.34. The highest BCUT2D eigenvalue weighted by molar-refractivity contribution is 9.10. The molecule has 3 aromatic rings. The van der Waals surface area contributed by atoms with Gasteiger partial charge in [-0.05, 0) is 56.2 Å². The molecule has 2 heterocycles. The molecule has 3 rings (SSSR count). The largest absolute Gasteiger partial charge is 0.496 e. The standard InChI is InChI=1S/C25H29BrN4O3S2/c1-6-7-11-30-12-10-17(18-14-16(26)8-9-19(18)33-3)21(24(30)31)28-25(32)29-22-20(34-4)13-15(2)27-23(22)35-5/h8-10,12-14H,6-7,11H2,1-5H3,(H2,28,29,32). The quantitative estimate of drug-likeness (QED) is 0.270. The Balaban J connectivity index is 2.08. The van der Waals surface area contributed by atoms with Crippen LogP contribution < -0.4 is 20.9 Å². The van der Waals surface area contributed by atoms with Crippen LogP contribution in [0.5, 0.6) is 5.75 Å². The van der Waals surface area contributed by atoms with Crippen LogP contribution in [-0.4, -0.2) is 35.2 Å². The summed E-state index contributed by atoms with van der Waals surface area (Å²) in [5.74, 6) is 0.597. The number of unbranched alkanes of at least 4 members (excludes halogenated alkanes) is 1. The number of benzene rings is 1. The maximum atomic E-state index is 13.5. The Morgan fingerprint density at radius 1 is 1.11 bits per heavy atom. The second-order valence-electron chi connectivity index (χ2n) is 7.73. The van der Waals surface area contributed by atoms with Crippen LogP contribution in [0.15, 0.2) is 55.7 Å². The Labute approximate surface area is 222 Å². The Hall–Kier alpha value is -2.43. The van der Waals surface area contributed by atoms with Crippen LogP contribution in [0, 0.1) is 6.92 Å². The molecule has 0 unspecified atom stereocenters. The van der Waals surface area contributed by atoms with Crippen molar-refractivity contribution in [2.45, 2.75) is 43.2 Å². The van der Waals surface area contributed by atoms with Crippen molar-refractivity contribution in [3.63, 3.8) is 0 Å². The molecule has 2 N–H and O–H groups in total. The normalized spacial score (nSPS) is 10.8. The smallest absolute Gasteiger partial charge is 0.323 e. The summed E-state index contributed by atoms with van der Waals surface area (Å²) in [7, 11) is 1.58. The maximum Gasteiger partial charge on any atom is 0.323 e. The number of amides is 2. The number of nitrogens with zero attached hydrogens (tertiary/aromatic N) is 2. The molecule has 0 saturated heterocycles. The van der Waals surface area contributed by atoms with Crippen molar-refractivity contribution in [1.82, 2.24) is 9.55 Å². The first-order chi connectivity index (χ1) is 16.8. The van der Waals surface area contributed by atoms with E-state index in [0.717, 1.165) is 27.9 Å². The van der Waals surface area contributed by atoms with Crippen LogP contribution >= 0.6 is 39.5 Å². The SMILES string of the molecule is CCCCn1ccc(-c2cc(Br)ccc2OC)c(NC(=O)Nc2c(SC)cc(C)nc2SC)c1=O. The van der Waals surface area contributed by atoms with Gasteiger partial charge in [0.2, 0.25) is 0 Å². The number of halogens is 1. The summed E-state index contributed by atoms with van der Waals surface area (Å²) in [6, 6.07) is 8.81. The zero-order valence-electron chi connectivity index (χ0n) is 20.4. The van der Waals surface area contributed by atoms with Gasteiger partial charge in [0.05, 0.1) is 12.8 Å². The van der Waals surface area contributed by atoms with E-state index in [0.29, 0.717) is 34.1 Å². The van der Waals surface area contributed by atoms with E-state index in [2.05, 4.69) is 38.5 Å². The van der Waals surface area contributed by atoms with Gasteiger partial charge >= 0.3 is 6.03 Å². The molecule has 2 amide bonds. The summed E-state index contributed by atoms with van der Waals surface area (Å²) in [6.45, 7) is 4.56. The molecule has 0 aliphatic rings. The molecule has 0 bridgehead atoms. The summed E-state index contributed by atoms with van der Waals surface area (Å²) in [4.78, 5) is 32.2. The van der Waals surface area contributed by atoms with Crippen molar-refractivity contribution < 1.29 is 9.53 Å². The van der Waals surface area contributed by atoms with Crippen molar-refractivity contribution >= 4 is 56.9 Å². The monoisotopic (exact) mass is 576 g/mol. The van der Waals surface area contributed by atoms with Crippen LogP contribution in [0.1, 0.15) is 25.5 Å². The van der Waals surface area contributed by atoms with Gasteiger partial charge in [0.1, 0.15) is 16.5 Å². The fourth-order valence-corrected chi connectivity index (χ4v) is 5.28. The number of aryl methyl sites for hydroxylation is 2. The molecule has 0 aliphatic heterocycles. The molecule has 0 spiro atoms. The van der Waals surface area contributed by atoms with E-state index in [1.54, 1.807) is 17.9 Å². The number of ether oxygens (including phenoxy) is 1. The van der Waals surface area contributed by atoms with Crippen LogP contribution in [0.25, 0.3) is 11.1 Å². The number of nitrogens with one attached hydrogen (secondary N) is 2. The Morgan fingerprint density at radius 2 is 1.86 bits per heavy atom. The fraction of sp³-hybridized carbons (Fsp3) is 0.320. The number of hydrogen-bond acceptors (Lipinski definition) is 6. The Bertz CT molecular complexity index is 1260. The van der Waals surface area contributed by atoms with Gasteiger partial charge in [0.15, 0.2) is 0 Å². The van der Waals surface area contributed by atoms with E-state index in [-0.39, 0.29) is 11.2 Å². The number of rotatable bonds is 9. The second-order valence-corrected chi connectivity index (χ2v) is 10.3. The van der Waals surface area contributed by atoms with Crippen LogP contribution in [0.4, 0.5) is 16.2 Å². The van der Waals surface area contributed by atoms with Crippen molar-refractivity contribution in [2.24, 2.45) is 0 Å². The first-order valence-corrected chi connectivity index (χ1v) is 14.3. The number of anilines is 2. The summed E-state index contributed by atoms with van der Waals surface area (Å²) >= 11 is 6.48. The highest BCUT2D eigenvalue weighted by Gasteiger charge is 2.20. The molecule has 2 aromatic heterocycles. The lowest BCUT2D eigenvalue weighted by Gasteiger charge is -2.18. The molecule has 0 radical (unpaired) electrons. The number of carbonyl (C=O) groups excluding carboxylic acids is 1. The van der Waals surface area contributed by atoms with Gasteiger partial charge in [0.25, 0.3) is 5.56 Å². The van der Waals surface area contributed by atoms with Crippen molar-refractivity contribution in [3.05, 3.63) is 57.0 Å². The zero-order chi connectivity index (χ0) is 25.5. The van der Waals surface area contributed by atoms with E-state index >= 15 is 0 Å². The molecular weight excluding hydrogens is 548 g/mol. The van der Waals surface area contributed by atoms with Crippen molar-refractivity contribution in [3.8, 4) is 16.9 Å².